The van der Waals surface area contributed by atoms with Gasteiger partial charge in [-0.1, -0.05) is 0 Å². The highest BCUT2D eigenvalue weighted by molar-refractivity contribution is 7.09. The van der Waals surface area contributed by atoms with Crippen molar-refractivity contribution in [3.8, 4) is 0 Å². The summed E-state index contributed by atoms with van der Waals surface area (Å²) in [5.41, 5.74) is 3.17. The van der Waals surface area contributed by atoms with Crippen LogP contribution in [0.15, 0.2) is 5.51 Å². The average Bonchev–Trinajstić information content (AvgIpc) is 2.73. The van der Waals surface area contributed by atoms with Crippen molar-refractivity contribution >= 4 is 11.3 Å². The van der Waals surface area contributed by atoms with Gasteiger partial charge in [0.15, 0.2) is 0 Å². The van der Waals surface area contributed by atoms with Gasteiger partial charge in [0, 0.05) is 17.5 Å². The van der Waals surface area contributed by atoms with Crippen LogP contribution in [0.25, 0.3) is 0 Å². The second kappa shape index (κ2) is 5.75. The maximum atomic E-state index is 4.30. The molecule has 2 rings (SSSR count). The Morgan fingerprint density at radius 1 is 1.50 bits per heavy atom. The van der Waals surface area contributed by atoms with Crippen molar-refractivity contribution in [3.05, 3.63) is 16.1 Å². The summed E-state index contributed by atoms with van der Waals surface area (Å²) < 4.78 is 0. The van der Waals surface area contributed by atoms with E-state index in [1.54, 1.807) is 11.3 Å². The minimum atomic E-state index is 0.773. The molecule has 90 valence electrons. The van der Waals surface area contributed by atoms with Gasteiger partial charge in [-0.3, -0.25) is 0 Å². The molecular weight excluding hydrogens is 218 g/mol. The van der Waals surface area contributed by atoms with E-state index in [0.717, 1.165) is 19.0 Å². The van der Waals surface area contributed by atoms with E-state index in [1.165, 1.54) is 36.5 Å². The fraction of sp³-hybridized carbons (Fsp3) is 0.750. The maximum absolute atomic E-state index is 4.30. The molecule has 1 saturated heterocycles. The normalized spacial score (nSPS) is 18.2. The highest BCUT2D eigenvalue weighted by Gasteiger charge is 2.17. The van der Waals surface area contributed by atoms with Crippen molar-refractivity contribution < 1.29 is 0 Å². The molecule has 0 aromatic carbocycles. The van der Waals surface area contributed by atoms with Gasteiger partial charge in [-0.2, -0.15) is 0 Å². The number of thiazole rings is 1. The molecule has 1 aliphatic rings. The van der Waals surface area contributed by atoms with Crippen LogP contribution in [-0.2, 0) is 6.42 Å². The van der Waals surface area contributed by atoms with Crippen molar-refractivity contribution in [3.63, 3.8) is 0 Å². The zero-order valence-corrected chi connectivity index (χ0v) is 11.0. The summed E-state index contributed by atoms with van der Waals surface area (Å²) in [6.07, 6.45) is 3.73. The summed E-state index contributed by atoms with van der Waals surface area (Å²) in [5, 5.41) is 3.41. The minimum absolute atomic E-state index is 0.773. The third kappa shape index (κ3) is 3.03. The van der Waals surface area contributed by atoms with E-state index in [4.69, 9.17) is 0 Å². The topological polar surface area (TPSA) is 28.2 Å². The number of nitrogens with one attached hydrogen (secondary N) is 1. The Labute approximate surface area is 102 Å². The van der Waals surface area contributed by atoms with Crippen LogP contribution in [-0.4, -0.2) is 42.6 Å². The Morgan fingerprint density at radius 2 is 2.25 bits per heavy atom. The molecule has 0 saturated carbocycles. The number of nitrogens with zero attached hydrogens (tertiary/aromatic N) is 2. The first kappa shape index (κ1) is 12.0. The van der Waals surface area contributed by atoms with Crippen molar-refractivity contribution in [1.82, 2.24) is 15.2 Å². The zero-order valence-electron chi connectivity index (χ0n) is 10.2. The summed E-state index contributed by atoms with van der Waals surface area (Å²) in [5.74, 6) is 0. The molecule has 0 amide bonds. The van der Waals surface area contributed by atoms with Gasteiger partial charge in [0.05, 0.1) is 11.2 Å². The van der Waals surface area contributed by atoms with E-state index in [0.29, 0.717) is 0 Å². The van der Waals surface area contributed by atoms with Crippen LogP contribution in [0.3, 0.4) is 0 Å². The van der Waals surface area contributed by atoms with Gasteiger partial charge in [-0.15, -0.1) is 11.3 Å². The molecule has 0 spiro atoms. The second-order valence-electron chi connectivity index (χ2n) is 4.57. The largest absolute Gasteiger partial charge is 0.317 e. The molecule has 1 aliphatic heterocycles. The summed E-state index contributed by atoms with van der Waals surface area (Å²) in [7, 11) is 2.26. The van der Waals surface area contributed by atoms with E-state index in [2.05, 4.69) is 29.2 Å². The summed E-state index contributed by atoms with van der Waals surface area (Å²) in [6.45, 7) is 5.62. The molecule has 2 heterocycles. The number of aromatic nitrogens is 1. The Kier molecular flexibility index (Phi) is 4.32. The van der Waals surface area contributed by atoms with Crippen LogP contribution in [0.2, 0.25) is 0 Å². The van der Waals surface area contributed by atoms with Gasteiger partial charge in [-0.25, -0.2) is 4.98 Å². The van der Waals surface area contributed by atoms with Crippen molar-refractivity contribution in [2.24, 2.45) is 0 Å². The lowest BCUT2D eigenvalue weighted by molar-refractivity contribution is 0.201. The number of likely N-dealkylation sites (N-methyl/N-ethyl adjacent to an activating group) is 1. The molecule has 1 aromatic rings. The molecule has 1 aromatic heterocycles. The zero-order chi connectivity index (χ0) is 11.4. The smallest absolute Gasteiger partial charge is 0.0797 e. The van der Waals surface area contributed by atoms with Crippen LogP contribution in [0.4, 0.5) is 0 Å². The van der Waals surface area contributed by atoms with Gasteiger partial charge in [0.1, 0.15) is 0 Å². The molecule has 1 fully saturated rings. The molecule has 0 aliphatic carbocycles. The van der Waals surface area contributed by atoms with Gasteiger partial charge < -0.3 is 10.2 Å². The van der Waals surface area contributed by atoms with Gasteiger partial charge in [-0.05, 0) is 46.3 Å². The van der Waals surface area contributed by atoms with E-state index >= 15 is 0 Å². The SMILES string of the molecule is Cc1ncsc1CCN(C)C1CCNCC1. The maximum Gasteiger partial charge on any atom is 0.0797 e. The van der Waals surface area contributed by atoms with E-state index in [9.17, 15) is 0 Å². The number of aryl methyl sites for hydroxylation is 1. The van der Waals surface area contributed by atoms with Crippen LogP contribution >= 0.6 is 11.3 Å². The van der Waals surface area contributed by atoms with E-state index in [-0.39, 0.29) is 0 Å². The predicted octanol–water partition coefficient (Wildman–Crippen LogP) is 1.68. The van der Waals surface area contributed by atoms with Crippen LogP contribution < -0.4 is 5.32 Å². The predicted molar refractivity (Wildman–Crippen MR) is 69.1 cm³/mol. The standard InChI is InChI=1S/C12H21N3S/c1-10-12(16-9-14-10)5-8-15(2)11-3-6-13-7-4-11/h9,11,13H,3-8H2,1-2H3. The molecule has 4 heteroatoms. The number of hydrogen-bond donors (Lipinski definition) is 1. The van der Waals surface area contributed by atoms with E-state index < -0.39 is 0 Å². The average molecular weight is 239 g/mol. The monoisotopic (exact) mass is 239 g/mol. The Balaban J connectivity index is 1.78. The van der Waals surface area contributed by atoms with Crippen LogP contribution in [0.5, 0.6) is 0 Å². The fourth-order valence-electron chi connectivity index (χ4n) is 2.27. The number of piperidine rings is 1. The fourth-order valence-corrected chi connectivity index (χ4v) is 3.04. The molecule has 0 radical (unpaired) electrons. The minimum Gasteiger partial charge on any atom is -0.317 e. The number of rotatable bonds is 4. The Morgan fingerprint density at radius 3 is 2.88 bits per heavy atom. The highest BCUT2D eigenvalue weighted by Crippen LogP contribution is 2.15. The third-order valence-corrected chi connectivity index (χ3v) is 4.46. The summed E-state index contributed by atoms with van der Waals surface area (Å²) in [4.78, 5) is 8.26. The van der Waals surface area contributed by atoms with Crippen molar-refractivity contribution in [2.75, 3.05) is 26.7 Å². The number of hydrogen-bond acceptors (Lipinski definition) is 4. The Bertz CT molecular complexity index is 318. The molecular formula is C12H21N3S. The lowest BCUT2D eigenvalue weighted by atomic mass is 10.1. The quantitative estimate of drug-likeness (QED) is 0.866. The second-order valence-corrected chi connectivity index (χ2v) is 5.51. The molecule has 0 atom stereocenters. The van der Waals surface area contributed by atoms with Gasteiger partial charge in [0.2, 0.25) is 0 Å². The lowest BCUT2D eigenvalue weighted by Crippen LogP contribution is -2.41. The Hall–Kier alpha value is -0.450. The van der Waals surface area contributed by atoms with Gasteiger partial charge in [0.25, 0.3) is 0 Å². The molecule has 3 nitrogen and oxygen atoms in total. The molecule has 0 bridgehead atoms. The lowest BCUT2D eigenvalue weighted by Gasteiger charge is -2.31. The van der Waals surface area contributed by atoms with Gasteiger partial charge >= 0.3 is 0 Å². The molecule has 1 N–H and O–H groups in total. The molecule has 16 heavy (non-hydrogen) atoms. The first-order valence-corrected chi connectivity index (χ1v) is 6.95. The van der Waals surface area contributed by atoms with Crippen LogP contribution in [0, 0.1) is 6.92 Å². The van der Waals surface area contributed by atoms with Crippen LogP contribution in [0.1, 0.15) is 23.4 Å². The highest BCUT2D eigenvalue weighted by atomic mass is 32.1. The summed E-state index contributed by atoms with van der Waals surface area (Å²) in [6, 6.07) is 0.773. The third-order valence-electron chi connectivity index (χ3n) is 3.47. The summed E-state index contributed by atoms with van der Waals surface area (Å²) >= 11 is 1.79. The first-order valence-electron chi connectivity index (χ1n) is 6.07. The van der Waals surface area contributed by atoms with Crippen molar-refractivity contribution in [2.45, 2.75) is 32.2 Å². The first-order chi connectivity index (χ1) is 7.77. The van der Waals surface area contributed by atoms with E-state index in [1.807, 2.05) is 5.51 Å². The molecule has 0 unspecified atom stereocenters. The van der Waals surface area contributed by atoms with Crippen molar-refractivity contribution in [1.29, 1.82) is 0 Å².